The third-order valence-corrected chi connectivity index (χ3v) is 8.44. The molecule has 0 atom stereocenters. The molecule has 2 aromatic heterocycles. The van der Waals surface area contributed by atoms with Crippen molar-refractivity contribution in [2.75, 3.05) is 25.8 Å². The zero-order valence-corrected chi connectivity index (χ0v) is 22.1. The second kappa shape index (κ2) is 10.4. The number of halogens is 1. The normalized spacial score (nSPS) is 12.0. The first-order valence-electron chi connectivity index (χ1n) is 11.1. The Balaban J connectivity index is 1.31. The molecule has 0 fully saturated rings. The number of aryl methyl sites for hydroxylation is 1. The van der Waals surface area contributed by atoms with Crippen LogP contribution in [0, 0.1) is 6.92 Å². The Morgan fingerprint density at radius 3 is 2.62 bits per heavy atom. The second-order valence-electron chi connectivity index (χ2n) is 8.06. The zero-order valence-electron chi connectivity index (χ0n) is 19.7. The van der Waals surface area contributed by atoms with Gasteiger partial charge in [0.15, 0.2) is 18.1 Å². The lowest BCUT2D eigenvalue weighted by molar-refractivity contribution is -0.119. The Kier molecular flexibility index (Phi) is 7.05. The number of anilines is 1. The third kappa shape index (κ3) is 5.00. The molecular weight excluding hydrogens is 538 g/mol. The van der Waals surface area contributed by atoms with Gasteiger partial charge in [-0.15, -0.1) is 22.7 Å². The van der Waals surface area contributed by atoms with Gasteiger partial charge in [-0.05, 0) is 42.7 Å². The van der Waals surface area contributed by atoms with Crippen molar-refractivity contribution in [1.82, 2.24) is 0 Å². The van der Waals surface area contributed by atoms with Gasteiger partial charge in [0.25, 0.3) is 5.91 Å². The Bertz CT molecular complexity index is 1540. The van der Waals surface area contributed by atoms with Crippen molar-refractivity contribution in [2.45, 2.75) is 13.3 Å². The van der Waals surface area contributed by atoms with E-state index in [1.807, 2.05) is 49.4 Å². The second-order valence-corrected chi connectivity index (χ2v) is 10.7. The van der Waals surface area contributed by atoms with E-state index >= 15 is 0 Å². The molecule has 1 amide bonds. The van der Waals surface area contributed by atoms with Gasteiger partial charge in [-0.25, -0.2) is 9.59 Å². The van der Waals surface area contributed by atoms with Crippen molar-refractivity contribution in [3.05, 3.63) is 73.9 Å². The summed E-state index contributed by atoms with van der Waals surface area (Å²) >= 11 is 8.77. The number of benzene rings is 2. The molecule has 190 valence electrons. The monoisotopic (exact) mass is 557 g/mol. The average Bonchev–Trinajstić information content (AvgIpc) is 3.58. The molecule has 11 heteroatoms. The van der Waals surface area contributed by atoms with Crippen molar-refractivity contribution >= 4 is 67.2 Å². The molecule has 0 saturated heterocycles. The fourth-order valence-electron chi connectivity index (χ4n) is 3.96. The molecule has 0 saturated carbocycles. The minimum atomic E-state index is -0.694. The highest BCUT2D eigenvalue weighted by atomic mass is 35.5. The van der Waals surface area contributed by atoms with E-state index in [-0.39, 0.29) is 17.2 Å². The number of hydrogen-bond acceptors (Lipinski definition) is 9. The molecule has 2 aromatic carbocycles. The average molecular weight is 558 g/mol. The number of amides is 1. The van der Waals surface area contributed by atoms with E-state index in [1.54, 1.807) is 0 Å². The molecule has 0 spiro atoms. The number of methoxy groups -OCH3 is 1. The minimum absolute atomic E-state index is 0.166. The molecule has 1 aliphatic rings. The van der Waals surface area contributed by atoms with Gasteiger partial charge in [0, 0.05) is 15.0 Å². The first kappa shape index (κ1) is 25.1. The number of hydrogen-bond donors (Lipinski definition) is 1. The van der Waals surface area contributed by atoms with E-state index < -0.39 is 24.5 Å². The number of carbonyl (C=O) groups is 3. The van der Waals surface area contributed by atoms with Gasteiger partial charge in [-0.2, -0.15) is 0 Å². The minimum Gasteiger partial charge on any atom is -0.465 e. The van der Waals surface area contributed by atoms with E-state index in [9.17, 15) is 14.4 Å². The summed E-state index contributed by atoms with van der Waals surface area (Å²) in [5.41, 5.74) is 1.89. The van der Waals surface area contributed by atoms with Crippen LogP contribution < -0.4 is 14.8 Å². The highest BCUT2D eigenvalue weighted by molar-refractivity contribution is 7.21. The summed E-state index contributed by atoms with van der Waals surface area (Å²) in [6, 6.07) is 12.9. The predicted octanol–water partition coefficient (Wildman–Crippen LogP) is 5.83. The van der Waals surface area contributed by atoms with Gasteiger partial charge in [0.05, 0.1) is 17.7 Å². The Labute approximate surface area is 224 Å². The first-order chi connectivity index (χ1) is 17.9. The van der Waals surface area contributed by atoms with Crippen molar-refractivity contribution in [3.63, 3.8) is 0 Å². The number of ether oxygens (including phenoxy) is 4. The molecule has 0 unspecified atom stereocenters. The SMILES string of the molecule is COC(=O)c1c(NC(=O)COC(=O)c2sc3ccccc3c2Cl)sc(C)c1Cc1ccc2c(c1)OCO2. The van der Waals surface area contributed by atoms with E-state index in [2.05, 4.69) is 5.32 Å². The van der Waals surface area contributed by atoms with Crippen LogP contribution in [0.15, 0.2) is 42.5 Å². The number of rotatable bonds is 7. The van der Waals surface area contributed by atoms with Gasteiger partial charge < -0.3 is 24.3 Å². The maximum atomic E-state index is 12.7. The smallest absolute Gasteiger partial charge is 0.350 e. The van der Waals surface area contributed by atoms with Crippen molar-refractivity contribution < 1.29 is 33.3 Å². The van der Waals surface area contributed by atoms with Crippen LogP contribution in [0.5, 0.6) is 11.5 Å². The van der Waals surface area contributed by atoms with E-state index in [0.29, 0.717) is 27.9 Å². The summed E-state index contributed by atoms with van der Waals surface area (Å²) in [7, 11) is 1.28. The van der Waals surface area contributed by atoms with Gasteiger partial charge in [-0.3, -0.25) is 4.79 Å². The van der Waals surface area contributed by atoms with Gasteiger partial charge in [0.1, 0.15) is 9.88 Å². The first-order valence-corrected chi connectivity index (χ1v) is 13.1. The van der Waals surface area contributed by atoms with Gasteiger partial charge >= 0.3 is 11.9 Å². The molecule has 8 nitrogen and oxygen atoms in total. The molecule has 0 aliphatic carbocycles. The third-order valence-electron chi connectivity index (χ3n) is 5.72. The molecule has 1 N–H and O–H groups in total. The summed E-state index contributed by atoms with van der Waals surface area (Å²) in [4.78, 5) is 39.0. The Hall–Kier alpha value is -3.60. The van der Waals surface area contributed by atoms with Crippen molar-refractivity contribution in [1.29, 1.82) is 0 Å². The molecule has 0 radical (unpaired) electrons. The topological polar surface area (TPSA) is 100 Å². The van der Waals surface area contributed by atoms with E-state index in [0.717, 1.165) is 26.1 Å². The van der Waals surface area contributed by atoms with Crippen LogP contribution in [0.25, 0.3) is 10.1 Å². The lowest BCUT2D eigenvalue weighted by atomic mass is 10.0. The van der Waals surface area contributed by atoms with Crippen LogP contribution in [-0.4, -0.2) is 38.4 Å². The summed E-state index contributed by atoms with van der Waals surface area (Å²) in [5, 5.41) is 4.05. The number of fused-ring (bicyclic) bond motifs is 2. The van der Waals surface area contributed by atoms with Crippen LogP contribution in [-0.2, 0) is 20.7 Å². The quantitative estimate of drug-likeness (QED) is 0.285. The Morgan fingerprint density at radius 1 is 1.05 bits per heavy atom. The van der Waals surface area contributed by atoms with Crippen molar-refractivity contribution in [2.24, 2.45) is 0 Å². The standard InChI is InChI=1S/C26H20ClNO7S2/c1-13-16(9-14-7-8-17-18(10-14)35-12-34-17)21(25(30)32-2)24(36-13)28-20(29)11-33-26(31)23-22(27)15-5-3-4-6-19(15)37-23/h3-8,10H,9,11-12H2,1-2H3,(H,28,29). The molecule has 3 heterocycles. The highest BCUT2D eigenvalue weighted by Gasteiger charge is 2.26. The number of nitrogens with one attached hydrogen (secondary N) is 1. The fourth-order valence-corrected chi connectivity index (χ4v) is 6.44. The molecular formula is C26H20ClNO7S2. The summed E-state index contributed by atoms with van der Waals surface area (Å²) in [6.07, 6.45) is 0.415. The summed E-state index contributed by atoms with van der Waals surface area (Å²) < 4.78 is 21.9. The van der Waals surface area contributed by atoms with Gasteiger partial charge in [-0.1, -0.05) is 35.9 Å². The maximum Gasteiger partial charge on any atom is 0.350 e. The lowest BCUT2D eigenvalue weighted by Crippen LogP contribution is -2.21. The van der Waals surface area contributed by atoms with Crippen LogP contribution >= 0.6 is 34.3 Å². The van der Waals surface area contributed by atoms with Crippen molar-refractivity contribution in [3.8, 4) is 11.5 Å². The van der Waals surface area contributed by atoms with E-state index in [1.165, 1.54) is 29.8 Å². The van der Waals surface area contributed by atoms with Crippen LogP contribution in [0.3, 0.4) is 0 Å². The lowest BCUT2D eigenvalue weighted by Gasteiger charge is -2.09. The largest absolute Gasteiger partial charge is 0.465 e. The van der Waals surface area contributed by atoms with Crippen LogP contribution in [0.4, 0.5) is 5.00 Å². The molecule has 5 rings (SSSR count). The fraction of sp³-hybridized carbons (Fsp3) is 0.192. The zero-order chi connectivity index (χ0) is 26.1. The Morgan fingerprint density at radius 2 is 1.84 bits per heavy atom. The number of carbonyl (C=O) groups excluding carboxylic acids is 3. The van der Waals surface area contributed by atoms with Crippen LogP contribution in [0.2, 0.25) is 5.02 Å². The molecule has 4 aromatic rings. The summed E-state index contributed by atoms with van der Waals surface area (Å²) in [6.45, 7) is 1.48. The van der Waals surface area contributed by atoms with E-state index in [4.69, 9.17) is 30.5 Å². The molecule has 0 bridgehead atoms. The number of esters is 2. The maximum absolute atomic E-state index is 12.7. The highest BCUT2D eigenvalue weighted by Crippen LogP contribution is 2.38. The van der Waals surface area contributed by atoms with Gasteiger partial charge in [0.2, 0.25) is 6.79 Å². The molecule has 37 heavy (non-hydrogen) atoms. The van der Waals surface area contributed by atoms with Crippen LogP contribution in [0.1, 0.15) is 36.0 Å². The predicted molar refractivity (Wildman–Crippen MR) is 142 cm³/mol. The molecule has 1 aliphatic heterocycles. The number of thiophene rings is 2. The summed E-state index contributed by atoms with van der Waals surface area (Å²) in [5.74, 6) is -0.561.